The molecule has 2 aromatic carbocycles. The van der Waals surface area contributed by atoms with E-state index in [-0.39, 0.29) is 0 Å². The molecule has 1 saturated carbocycles. The minimum absolute atomic E-state index is 0.409. The third-order valence-electron chi connectivity index (χ3n) is 8.19. The molecule has 2 aromatic rings. The van der Waals surface area contributed by atoms with Crippen molar-refractivity contribution in [2.45, 2.75) is 89.9 Å². The standard InChI is InChI=1S/C29H36/c1-29(18-8-12-22-10-4-2-5-11-22)19-9-15-26-27-20-24(23-13-6-3-7-14-23)16-17-25(27)21-28(26)29/h2,4-5,10-11,16-17,20,23H,3,6-9,12-15,18-19,21H2,1H3. The minimum atomic E-state index is 0.409. The Hall–Kier alpha value is -1.82. The molecule has 0 nitrogen and oxygen atoms in total. The van der Waals surface area contributed by atoms with Crippen molar-refractivity contribution >= 4 is 5.57 Å². The van der Waals surface area contributed by atoms with E-state index in [1.807, 2.05) is 0 Å². The van der Waals surface area contributed by atoms with Crippen molar-refractivity contribution in [3.63, 3.8) is 0 Å². The van der Waals surface area contributed by atoms with Crippen LogP contribution in [0, 0.1) is 5.41 Å². The number of hydrogen-bond acceptors (Lipinski definition) is 0. The fraction of sp³-hybridized carbons (Fsp3) is 0.517. The van der Waals surface area contributed by atoms with Gasteiger partial charge in [-0.05, 0) is 96.9 Å². The third-order valence-corrected chi connectivity index (χ3v) is 8.19. The lowest BCUT2D eigenvalue weighted by Crippen LogP contribution is -2.23. The van der Waals surface area contributed by atoms with E-state index in [2.05, 4.69) is 55.5 Å². The Balaban J connectivity index is 1.35. The van der Waals surface area contributed by atoms with Gasteiger partial charge in [-0.3, -0.25) is 0 Å². The van der Waals surface area contributed by atoms with E-state index in [0.29, 0.717) is 5.41 Å². The Morgan fingerprint density at radius 1 is 0.931 bits per heavy atom. The highest BCUT2D eigenvalue weighted by Gasteiger charge is 2.38. The molecule has 5 rings (SSSR count). The Labute approximate surface area is 177 Å². The molecule has 0 radical (unpaired) electrons. The summed E-state index contributed by atoms with van der Waals surface area (Å²) < 4.78 is 0. The molecule has 0 saturated heterocycles. The maximum Gasteiger partial charge on any atom is -0.00495 e. The normalized spacial score (nSPS) is 24.4. The van der Waals surface area contributed by atoms with Crippen molar-refractivity contribution in [2.24, 2.45) is 5.41 Å². The SMILES string of the molecule is CC1(CCCc2ccccc2)CCCC2=C1Cc1ccc(C3CCCCC3)cc12. The van der Waals surface area contributed by atoms with Crippen molar-refractivity contribution in [2.75, 3.05) is 0 Å². The lowest BCUT2D eigenvalue weighted by molar-refractivity contribution is 0.304. The van der Waals surface area contributed by atoms with Gasteiger partial charge in [0.2, 0.25) is 0 Å². The van der Waals surface area contributed by atoms with Crippen LogP contribution in [0.2, 0.25) is 0 Å². The highest BCUT2D eigenvalue weighted by Crippen LogP contribution is 2.53. The average Bonchev–Trinajstić information content (AvgIpc) is 3.15. The zero-order valence-corrected chi connectivity index (χ0v) is 18.2. The second kappa shape index (κ2) is 8.13. The second-order valence-corrected chi connectivity index (χ2v) is 10.1. The van der Waals surface area contributed by atoms with Crippen LogP contribution >= 0.6 is 0 Å². The average molecular weight is 385 g/mol. The van der Waals surface area contributed by atoms with E-state index < -0.39 is 0 Å². The Bertz CT molecular complexity index is 882. The highest BCUT2D eigenvalue weighted by atomic mass is 14.4. The van der Waals surface area contributed by atoms with Crippen LogP contribution in [-0.4, -0.2) is 0 Å². The highest BCUT2D eigenvalue weighted by molar-refractivity contribution is 5.78. The van der Waals surface area contributed by atoms with Gasteiger partial charge in [-0.2, -0.15) is 0 Å². The second-order valence-electron chi connectivity index (χ2n) is 10.1. The lowest BCUT2D eigenvalue weighted by atomic mass is 9.68. The molecule has 3 aliphatic carbocycles. The number of allylic oxidation sites excluding steroid dienone is 2. The summed E-state index contributed by atoms with van der Waals surface area (Å²) in [5.74, 6) is 0.819. The summed E-state index contributed by atoms with van der Waals surface area (Å²) in [7, 11) is 0. The summed E-state index contributed by atoms with van der Waals surface area (Å²) in [5.41, 5.74) is 10.3. The van der Waals surface area contributed by atoms with Crippen LogP contribution in [-0.2, 0) is 12.8 Å². The Morgan fingerprint density at radius 2 is 1.76 bits per heavy atom. The maximum absolute atomic E-state index is 2.61. The molecule has 0 N–H and O–H groups in total. The van der Waals surface area contributed by atoms with E-state index >= 15 is 0 Å². The van der Waals surface area contributed by atoms with Crippen molar-refractivity contribution < 1.29 is 0 Å². The monoisotopic (exact) mass is 384 g/mol. The molecule has 0 aliphatic heterocycles. The minimum Gasteiger partial charge on any atom is -0.0622 e. The number of aryl methyl sites for hydroxylation is 1. The largest absolute Gasteiger partial charge is 0.0622 e. The van der Waals surface area contributed by atoms with Crippen LogP contribution in [0.3, 0.4) is 0 Å². The van der Waals surface area contributed by atoms with Crippen molar-refractivity contribution in [1.82, 2.24) is 0 Å². The zero-order chi connectivity index (χ0) is 19.7. The van der Waals surface area contributed by atoms with Gasteiger partial charge < -0.3 is 0 Å². The third kappa shape index (κ3) is 3.83. The molecule has 0 aromatic heterocycles. The van der Waals surface area contributed by atoms with Gasteiger partial charge in [0, 0.05) is 0 Å². The summed E-state index contributed by atoms with van der Waals surface area (Å²) in [5, 5.41) is 0. The lowest BCUT2D eigenvalue weighted by Gasteiger charge is -2.36. The molecule has 1 atom stereocenters. The fourth-order valence-electron chi connectivity index (χ4n) is 6.45. The van der Waals surface area contributed by atoms with Gasteiger partial charge in [-0.25, -0.2) is 0 Å². The molecule has 29 heavy (non-hydrogen) atoms. The molecule has 0 amide bonds. The van der Waals surface area contributed by atoms with Crippen LogP contribution in [0.5, 0.6) is 0 Å². The van der Waals surface area contributed by atoms with Crippen molar-refractivity contribution in [1.29, 1.82) is 0 Å². The van der Waals surface area contributed by atoms with Gasteiger partial charge in [0.1, 0.15) is 0 Å². The van der Waals surface area contributed by atoms with Gasteiger partial charge in [0.05, 0.1) is 0 Å². The van der Waals surface area contributed by atoms with Gasteiger partial charge in [0.25, 0.3) is 0 Å². The van der Waals surface area contributed by atoms with Gasteiger partial charge in [0.15, 0.2) is 0 Å². The predicted molar refractivity (Wildman–Crippen MR) is 124 cm³/mol. The molecule has 0 heteroatoms. The smallest absolute Gasteiger partial charge is 0.00495 e. The topological polar surface area (TPSA) is 0 Å². The number of fused-ring (bicyclic) bond motifs is 2. The first-order valence-corrected chi connectivity index (χ1v) is 12.1. The molecule has 1 unspecified atom stereocenters. The van der Waals surface area contributed by atoms with E-state index in [1.165, 1.54) is 82.6 Å². The fourth-order valence-corrected chi connectivity index (χ4v) is 6.45. The van der Waals surface area contributed by atoms with Gasteiger partial charge in [-0.15, -0.1) is 0 Å². The van der Waals surface area contributed by atoms with Crippen LogP contribution in [0.4, 0.5) is 0 Å². The molecule has 1 fully saturated rings. The molecular weight excluding hydrogens is 348 g/mol. The molecule has 0 bridgehead atoms. The molecule has 3 aliphatic rings. The van der Waals surface area contributed by atoms with E-state index in [9.17, 15) is 0 Å². The number of rotatable bonds is 5. The molecular formula is C29H36. The first kappa shape index (κ1) is 19.2. The molecule has 152 valence electrons. The molecule has 0 heterocycles. The van der Waals surface area contributed by atoms with E-state index in [1.54, 1.807) is 27.8 Å². The zero-order valence-electron chi connectivity index (χ0n) is 18.2. The van der Waals surface area contributed by atoms with Gasteiger partial charge >= 0.3 is 0 Å². The van der Waals surface area contributed by atoms with E-state index in [0.717, 1.165) is 5.92 Å². The van der Waals surface area contributed by atoms with Crippen LogP contribution < -0.4 is 0 Å². The summed E-state index contributed by atoms with van der Waals surface area (Å²) in [6, 6.07) is 18.6. The van der Waals surface area contributed by atoms with Gasteiger partial charge in [-0.1, -0.05) is 80.3 Å². The summed E-state index contributed by atoms with van der Waals surface area (Å²) in [6.45, 7) is 2.57. The van der Waals surface area contributed by atoms with Crippen LogP contribution in [0.1, 0.15) is 99.3 Å². The first-order valence-electron chi connectivity index (χ1n) is 12.1. The maximum atomic E-state index is 2.61. The van der Waals surface area contributed by atoms with Crippen molar-refractivity contribution in [3.8, 4) is 0 Å². The quantitative estimate of drug-likeness (QED) is 0.486. The van der Waals surface area contributed by atoms with Crippen molar-refractivity contribution in [3.05, 3.63) is 76.4 Å². The number of benzene rings is 2. The van der Waals surface area contributed by atoms with Crippen LogP contribution in [0.25, 0.3) is 5.57 Å². The predicted octanol–water partition coefficient (Wildman–Crippen LogP) is 8.26. The Morgan fingerprint density at radius 3 is 2.59 bits per heavy atom. The first-order chi connectivity index (χ1) is 14.2. The Kier molecular flexibility index (Phi) is 5.37. The molecule has 0 spiro atoms. The summed E-state index contributed by atoms with van der Waals surface area (Å²) in [6.07, 6.45) is 16.2. The van der Waals surface area contributed by atoms with Crippen LogP contribution in [0.15, 0.2) is 54.1 Å². The summed E-state index contributed by atoms with van der Waals surface area (Å²) in [4.78, 5) is 0. The summed E-state index contributed by atoms with van der Waals surface area (Å²) >= 11 is 0. The number of hydrogen-bond donors (Lipinski definition) is 0. The van der Waals surface area contributed by atoms with E-state index in [4.69, 9.17) is 0 Å².